The highest BCUT2D eigenvalue weighted by Crippen LogP contribution is 2.44. The molecule has 2 fully saturated rings. The van der Waals surface area contributed by atoms with Gasteiger partial charge in [-0.25, -0.2) is 23.4 Å². The summed E-state index contributed by atoms with van der Waals surface area (Å²) in [6.45, 7) is 0.983. The molecule has 5 N–H and O–H groups in total. The fraction of sp³-hybridized carbons (Fsp3) is 0.440. The summed E-state index contributed by atoms with van der Waals surface area (Å²) in [6, 6.07) is 4.39. The first kappa shape index (κ1) is 25.9. The van der Waals surface area contributed by atoms with Crippen molar-refractivity contribution in [3.05, 3.63) is 59.7 Å². The molecule has 4 rings (SSSR count). The Morgan fingerprint density at radius 3 is 2.64 bits per heavy atom. The lowest BCUT2D eigenvalue weighted by Crippen LogP contribution is -2.35. The van der Waals surface area contributed by atoms with Crippen LogP contribution < -0.4 is 16.9 Å². The molecule has 0 radical (unpaired) electrons. The van der Waals surface area contributed by atoms with Crippen LogP contribution in [0.1, 0.15) is 50.1 Å². The molecule has 2 aromatic rings. The van der Waals surface area contributed by atoms with Gasteiger partial charge in [0.15, 0.2) is 0 Å². The Morgan fingerprint density at radius 2 is 1.94 bits per heavy atom. The van der Waals surface area contributed by atoms with E-state index in [1.165, 1.54) is 23.5 Å². The van der Waals surface area contributed by atoms with Crippen molar-refractivity contribution in [2.45, 2.75) is 56.5 Å². The molecule has 1 aromatic heterocycles. The number of hydrogen-bond donors (Lipinski definition) is 3. The number of nitrogens with two attached hydrogens (primary N) is 2. The molecule has 1 aromatic carbocycles. The number of hydrogen-bond acceptors (Lipinski definition) is 6. The lowest BCUT2D eigenvalue weighted by molar-refractivity contribution is -0.113. The van der Waals surface area contributed by atoms with Gasteiger partial charge in [0, 0.05) is 48.9 Å². The molecular weight excluding hydrogens is 478 g/mol. The average Bonchev–Trinajstić information content (AvgIpc) is 3.34. The number of carbonyl (C=O) groups is 1. The maximum absolute atomic E-state index is 14.7. The van der Waals surface area contributed by atoms with Crippen LogP contribution in [0.5, 0.6) is 0 Å². The number of amides is 1. The molecule has 1 unspecified atom stereocenters. The second-order valence-electron chi connectivity index (χ2n) is 9.24. The van der Waals surface area contributed by atoms with Crippen molar-refractivity contribution in [2.75, 3.05) is 18.5 Å². The standard InChI is InChI=1S/C25H29F4N5O2/c26-16-3-4-20(27)19(12-16)18-7-10-32-22(15-5-8-25(28,29)9-6-15)23(18)33-24(35)21(30)14-34(31)13-17-2-1-11-36-17/h3-4,7,10,12,14-15,17H,1-2,5-6,8-9,11,13,30-31H2,(H,33,35)/b21-14-. The van der Waals surface area contributed by atoms with Crippen molar-refractivity contribution < 1.29 is 27.1 Å². The van der Waals surface area contributed by atoms with Gasteiger partial charge in [0.1, 0.15) is 17.3 Å². The highest BCUT2D eigenvalue weighted by atomic mass is 19.3. The number of benzene rings is 1. The highest BCUT2D eigenvalue weighted by molar-refractivity contribution is 6.05. The lowest BCUT2D eigenvalue weighted by atomic mass is 9.83. The molecule has 1 aliphatic carbocycles. The summed E-state index contributed by atoms with van der Waals surface area (Å²) in [5.74, 6) is 0.643. The van der Waals surface area contributed by atoms with Gasteiger partial charge < -0.3 is 20.8 Å². The van der Waals surface area contributed by atoms with Crippen molar-refractivity contribution in [3.8, 4) is 11.1 Å². The van der Waals surface area contributed by atoms with Crippen molar-refractivity contribution in [1.29, 1.82) is 0 Å². The van der Waals surface area contributed by atoms with Crippen molar-refractivity contribution in [3.63, 3.8) is 0 Å². The van der Waals surface area contributed by atoms with E-state index in [2.05, 4.69) is 10.3 Å². The van der Waals surface area contributed by atoms with E-state index in [-0.39, 0.29) is 54.3 Å². The molecule has 1 saturated carbocycles. The Balaban J connectivity index is 1.65. The van der Waals surface area contributed by atoms with E-state index in [0.29, 0.717) is 18.8 Å². The Bertz CT molecular complexity index is 1130. The maximum atomic E-state index is 14.7. The maximum Gasteiger partial charge on any atom is 0.273 e. The molecule has 2 heterocycles. The smallest absolute Gasteiger partial charge is 0.273 e. The topological polar surface area (TPSA) is 107 Å². The Morgan fingerprint density at radius 1 is 1.19 bits per heavy atom. The van der Waals surface area contributed by atoms with Crippen LogP contribution in [0.3, 0.4) is 0 Å². The molecule has 0 bridgehead atoms. The molecule has 2 aliphatic rings. The third-order valence-electron chi connectivity index (χ3n) is 6.55. The number of anilines is 1. The molecule has 1 amide bonds. The number of ether oxygens (including phenoxy) is 1. The Labute approximate surface area is 206 Å². The number of alkyl halides is 2. The number of nitrogens with one attached hydrogen (secondary N) is 1. The number of hydrazine groups is 1. The van der Waals surface area contributed by atoms with E-state index in [0.717, 1.165) is 31.0 Å². The van der Waals surface area contributed by atoms with Crippen LogP contribution in [-0.4, -0.2) is 41.1 Å². The summed E-state index contributed by atoms with van der Waals surface area (Å²) in [4.78, 5) is 17.4. The van der Waals surface area contributed by atoms with E-state index in [1.54, 1.807) is 0 Å². The molecule has 1 saturated heterocycles. The Kier molecular flexibility index (Phi) is 7.79. The predicted octanol–water partition coefficient (Wildman–Crippen LogP) is 4.41. The molecule has 0 spiro atoms. The van der Waals surface area contributed by atoms with Gasteiger partial charge in [-0.15, -0.1) is 0 Å². The first-order valence-corrected chi connectivity index (χ1v) is 11.9. The van der Waals surface area contributed by atoms with Gasteiger partial charge in [-0.1, -0.05) is 0 Å². The number of rotatable bonds is 7. The van der Waals surface area contributed by atoms with Gasteiger partial charge >= 0.3 is 0 Å². The number of aromatic nitrogens is 1. The van der Waals surface area contributed by atoms with E-state index in [4.69, 9.17) is 16.3 Å². The SMILES string of the molecule is N/C(=C\N(N)CC1CCCO1)C(=O)Nc1c(-c2cc(F)ccc2F)ccnc1C1CCC(F)(F)CC1. The minimum absolute atomic E-state index is 0.0704. The summed E-state index contributed by atoms with van der Waals surface area (Å²) in [6.07, 6.45) is 3.93. The van der Waals surface area contributed by atoms with Crippen LogP contribution >= 0.6 is 0 Å². The number of halogens is 4. The minimum Gasteiger partial charge on any atom is -0.393 e. The van der Waals surface area contributed by atoms with E-state index in [9.17, 15) is 22.4 Å². The Hall–Kier alpha value is -3.18. The number of carbonyl (C=O) groups excluding carboxylic acids is 1. The van der Waals surface area contributed by atoms with Gasteiger partial charge in [0.2, 0.25) is 5.92 Å². The fourth-order valence-corrected chi connectivity index (χ4v) is 4.66. The largest absolute Gasteiger partial charge is 0.393 e. The monoisotopic (exact) mass is 507 g/mol. The second kappa shape index (κ2) is 10.8. The first-order valence-electron chi connectivity index (χ1n) is 11.9. The zero-order valence-corrected chi connectivity index (χ0v) is 19.7. The van der Waals surface area contributed by atoms with Gasteiger partial charge in [0.25, 0.3) is 5.91 Å². The summed E-state index contributed by atoms with van der Waals surface area (Å²) < 4.78 is 61.8. The second-order valence-corrected chi connectivity index (χ2v) is 9.24. The van der Waals surface area contributed by atoms with E-state index in [1.807, 2.05) is 0 Å². The normalized spacial score (nSPS) is 20.4. The van der Waals surface area contributed by atoms with Crippen LogP contribution in [0.15, 0.2) is 42.4 Å². The number of pyridine rings is 1. The quantitative estimate of drug-likeness (QED) is 0.222. The van der Waals surface area contributed by atoms with E-state index >= 15 is 0 Å². The summed E-state index contributed by atoms with van der Waals surface area (Å²) in [5, 5.41) is 3.91. The lowest BCUT2D eigenvalue weighted by Gasteiger charge is -2.29. The summed E-state index contributed by atoms with van der Waals surface area (Å²) >= 11 is 0. The van der Waals surface area contributed by atoms with Crippen molar-refractivity contribution in [1.82, 2.24) is 9.99 Å². The fourth-order valence-electron chi connectivity index (χ4n) is 4.66. The van der Waals surface area contributed by atoms with Crippen molar-refractivity contribution >= 4 is 11.6 Å². The third kappa shape index (κ3) is 6.14. The van der Waals surface area contributed by atoms with Gasteiger partial charge in [0.05, 0.1) is 24.0 Å². The highest BCUT2D eigenvalue weighted by Gasteiger charge is 2.37. The third-order valence-corrected chi connectivity index (χ3v) is 6.55. The van der Waals surface area contributed by atoms with Gasteiger partial charge in [-0.05, 0) is 49.9 Å². The van der Waals surface area contributed by atoms with E-state index < -0.39 is 29.4 Å². The average molecular weight is 508 g/mol. The number of nitrogens with zero attached hydrogens (tertiary/aromatic N) is 2. The molecular formula is C25H29F4N5O2. The van der Waals surface area contributed by atoms with Crippen LogP contribution in [0.2, 0.25) is 0 Å². The molecule has 7 nitrogen and oxygen atoms in total. The van der Waals surface area contributed by atoms with Gasteiger partial charge in [-0.2, -0.15) is 0 Å². The van der Waals surface area contributed by atoms with Crippen molar-refractivity contribution in [2.24, 2.45) is 11.6 Å². The first-order chi connectivity index (χ1) is 17.1. The van der Waals surface area contributed by atoms with Crippen LogP contribution in [0.4, 0.5) is 23.2 Å². The zero-order valence-electron chi connectivity index (χ0n) is 19.7. The molecule has 36 heavy (non-hydrogen) atoms. The minimum atomic E-state index is -2.77. The summed E-state index contributed by atoms with van der Waals surface area (Å²) in [5.41, 5.74) is 6.23. The zero-order chi connectivity index (χ0) is 25.9. The van der Waals surface area contributed by atoms with Crippen LogP contribution in [-0.2, 0) is 9.53 Å². The molecule has 1 aliphatic heterocycles. The predicted molar refractivity (Wildman–Crippen MR) is 127 cm³/mol. The van der Waals surface area contributed by atoms with Gasteiger partial charge in [-0.3, -0.25) is 9.78 Å². The summed E-state index contributed by atoms with van der Waals surface area (Å²) in [7, 11) is 0. The molecule has 11 heteroatoms. The van der Waals surface area contributed by atoms with Crippen LogP contribution in [0.25, 0.3) is 11.1 Å². The molecule has 194 valence electrons. The molecule has 1 atom stereocenters. The van der Waals surface area contributed by atoms with Crippen LogP contribution in [0, 0.1) is 11.6 Å².